The maximum absolute atomic E-state index is 14.1. The molecule has 2 aliphatic rings. The van der Waals surface area contributed by atoms with Gasteiger partial charge in [0.05, 0.1) is 6.04 Å². The fourth-order valence-corrected chi connectivity index (χ4v) is 5.98. The SMILES string of the molecule is C=CCNC(=O)C(=O)C(CCC)NC(=O)[C@@H]1[C@@H]2[C@H](CN1C(=O)[C@@H](NC(=O)NCC(=O)OCc1ccccc1)C(C)(C)C)C2(C)C. The summed E-state index contributed by atoms with van der Waals surface area (Å²) < 4.78 is 5.20. The quantitative estimate of drug-likeness (QED) is 0.140. The molecule has 1 aliphatic carbocycles. The molecule has 0 radical (unpaired) electrons. The van der Waals surface area contributed by atoms with Gasteiger partial charge in [0.2, 0.25) is 17.6 Å². The molecule has 12 heteroatoms. The van der Waals surface area contributed by atoms with Crippen LogP contribution in [0.2, 0.25) is 0 Å². The van der Waals surface area contributed by atoms with Crippen molar-refractivity contribution >= 4 is 35.5 Å². The molecule has 3 rings (SSSR count). The summed E-state index contributed by atoms with van der Waals surface area (Å²) in [4.78, 5) is 79.6. The summed E-state index contributed by atoms with van der Waals surface area (Å²) in [6.07, 6.45) is 2.25. The lowest BCUT2D eigenvalue weighted by Crippen LogP contribution is -2.61. The van der Waals surface area contributed by atoms with Crippen LogP contribution >= 0.6 is 0 Å². The van der Waals surface area contributed by atoms with Gasteiger partial charge in [-0.05, 0) is 34.7 Å². The number of likely N-dealkylation sites (tertiary alicyclic amines) is 1. The van der Waals surface area contributed by atoms with E-state index in [-0.39, 0.29) is 36.8 Å². The van der Waals surface area contributed by atoms with Crippen molar-refractivity contribution in [3.8, 4) is 0 Å². The minimum absolute atomic E-state index is 0.0576. The van der Waals surface area contributed by atoms with Gasteiger partial charge in [0.15, 0.2) is 0 Å². The number of benzene rings is 1. The normalized spacial score (nSPS) is 20.9. The zero-order valence-corrected chi connectivity index (χ0v) is 27.1. The van der Waals surface area contributed by atoms with Gasteiger partial charge in [0.25, 0.3) is 5.91 Å². The number of urea groups is 1. The first kappa shape index (κ1) is 35.3. The van der Waals surface area contributed by atoms with E-state index in [2.05, 4.69) is 27.8 Å². The van der Waals surface area contributed by atoms with Crippen LogP contribution in [0.1, 0.15) is 59.9 Å². The van der Waals surface area contributed by atoms with Crippen molar-refractivity contribution in [2.24, 2.45) is 22.7 Å². The van der Waals surface area contributed by atoms with Gasteiger partial charge in [-0.15, -0.1) is 6.58 Å². The van der Waals surface area contributed by atoms with Gasteiger partial charge in [-0.25, -0.2) is 4.79 Å². The van der Waals surface area contributed by atoms with E-state index in [1.807, 2.05) is 51.1 Å². The number of carbonyl (C=O) groups excluding carboxylic acids is 6. The first-order chi connectivity index (χ1) is 21.1. The third-order valence-electron chi connectivity index (χ3n) is 8.63. The van der Waals surface area contributed by atoms with E-state index in [1.165, 1.54) is 11.0 Å². The van der Waals surface area contributed by atoms with Gasteiger partial charge in [-0.1, -0.05) is 84.4 Å². The van der Waals surface area contributed by atoms with Crippen LogP contribution in [0.25, 0.3) is 0 Å². The van der Waals surface area contributed by atoms with Crippen LogP contribution in [-0.2, 0) is 35.3 Å². The fourth-order valence-electron chi connectivity index (χ4n) is 5.98. The molecule has 2 fully saturated rings. The summed E-state index contributed by atoms with van der Waals surface area (Å²) in [5.74, 6) is -3.27. The molecule has 246 valence electrons. The minimum Gasteiger partial charge on any atom is -0.460 e. The van der Waals surface area contributed by atoms with Crippen LogP contribution in [0.5, 0.6) is 0 Å². The molecule has 0 aromatic heterocycles. The minimum atomic E-state index is -1.05. The van der Waals surface area contributed by atoms with Crippen molar-refractivity contribution in [3.63, 3.8) is 0 Å². The molecule has 0 bridgehead atoms. The Hall–Kier alpha value is -4.22. The maximum atomic E-state index is 14.1. The monoisotopic (exact) mass is 625 g/mol. The first-order valence-electron chi connectivity index (χ1n) is 15.4. The molecular weight excluding hydrogens is 578 g/mol. The average molecular weight is 626 g/mol. The van der Waals surface area contributed by atoms with Crippen molar-refractivity contribution in [3.05, 3.63) is 48.6 Å². The van der Waals surface area contributed by atoms with Gasteiger partial charge < -0.3 is 30.9 Å². The number of esters is 1. The smallest absolute Gasteiger partial charge is 0.325 e. The van der Waals surface area contributed by atoms with E-state index in [0.717, 1.165) is 5.56 Å². The zero-order valence-electron chi connectivity index (χ0n) is 27.1. The van der Waals surface area contributed by atoms with Gasteiger partial charge >= 0.3 is 12.0 Å². The molecule has 1 unspecified atom stereocenters. The third-order valence-corrected chi connectivity index (χ3v) is 8.63. The number of ketones is 1. The molecule has 1 saturated heterocycles. The number of amides is 5. The van der Waals surface area contributed by atoms with Crippen LogP contribution in [0.15, 0.2) is 43.0 Å². The highest BCUT2D eigenvalue weighted by Crippen LogP contribution is 2.65. The van der Waals surface area contributed by atoms with Crippen molar-refractivity contribution in [1.82, 2.24) is 26.2 Å². The molecule has 5 amide bonds. The number of fused-ring (bicyclic) bond motifs is 1. The molecule has 1 aliphatic heterocycles. The number of Topliss-reactive ketones (excluding diaryl/α,β-unsaturated/α-hetero) is 1. The van der Waals surface area contributed by atoms with E-state index in [1.54, 1.807) is 20.8 Å². The lowest BCUT2D eigenvalue weighted by atomic mass is 9.85. The third kappa shape index (κ3) is 8.70. The largest absolute Gasteiger partial charge is 0.460 e. The number of ether oxygens (including phenoxy) is 1. The van der Waals surface area contributed by atoms with E-state index in [0.29, 0.717) is 13.0 Å². The van der Waals surface area contributed by atoms with Crippen LogP contribution in [0.3, 0.4) is 0 Å². The number of rotatable bonds is 14. The molecule has 4 N–H and O–H groups in total. The van der Waals surface area contributed by atoms with Crippen molar-refractivity contribution in [2.75, 3.05) is 19.6 Å². The Morgan fingerprint density at radius 2 is 1.73 bits per heavy atom. The van der Waals surface area contributed by atoms with Crippen molar-refractivity contribution in [1.29, 1.82) is 0 Å². The second-order valence-electron chi connectivity index (χ2n) is 13.4. The highest BCUT2D eigenvalue weighted by Gasteiger charge is 2.69. The molecule has 5 atom stereocenters. The summed E-state index contributed by atoms with van der Waals surface area (Å²) in [6, 6.07) is 5.42. The molecule has 45 heavy (non-hydrogen) atoms. The van der Waals surface area contributed by atoms with E-state index < -0.39 is 65.6 Å². The first-order valence-corrected chi connectivity index (χ1v) is 15.4. The van der Waals surface area contributed by atoms with Gasteiger partial charge in [-0.2, -0.15) is 0 Å². The Bertz CT molecular complexity index is 1290. The predicted octanol–water partition coefficient (Wildman–Crippen LogP) is 2.08. The molecule has 1 saturated carbocycles. The molecular formula is C33H47N5O7. The van der Waals surface area contributed by atoms with Crippen LogP contribution in [0, 0.1) is 22.7 Å². The lowest BCUT2D eigenvalue weighted by Gasteiger charge is -2.37. The Balaban J connectivity index is 1.70. The summed E-state index contributed by atoms with van der Waals surface area (Å²) in [6.45, 7) is 14.9. The molecule has 1 aromatic carbocycles. The van der Waals surface area contributed by atoms with Crippen molar-refractivity contribution in [2.45, 2.75) is 79.1 Å². The molecule has 12 nitrogen and oxygen atoms in total. The molecule has 1 aromatic rings. The Kier molecular flexibility index (Phi) is 11.5. The number of carbonyl (C=O) groups is 6. The van der Waals surface area contributed by atoms with Crippen LogP contribution in [-0.4, -0.2) is 78.2 Å². The number of nitrogens with one attached hydrogen (secondary N) is 4. The average Bonchev–Trinajstić information content (AvgIpc) is 3.30. The van der Waals surface area contributed by atoms with E-state index >= 15 is 0 Å². The summed E-state index contributed by atoms with van der Waals surface area (Å²) >= 11 is 0. The zero-order chi connectivity index (χ0) is 33.5. The Morgan fingerprint density at radius 3 is 2.33 bits per heavy atom. The van der Waals surface area contributed by atoms with E-state index in [9.17, 15) is 28.8 Å². The standard InChI is InChI=1S/C33H47N5O7/c1-8-13-22(26(40)29(42)34-16-9-2)36-28(41)25-24-21(33(24,6)7)18-38(25)30(43)27(32(3,4)5)37-31(44)35-17-23(39)45-19-20-14-11-10-12-15-20/h9-12,14-15,21-22,24-25,27H,2,8,13,16-19H2,1,3-7H3,(H,34,42)(H,36,41)(H2,35,37,44)/t21-,22?,24-,25-,27+/m0/s1. The van der Waals surface area contributed by atoms with Gasteiger partial charge in [0, 0.05) is 13.1 Å². The fraction of sp³-hybridized carbons (Fsp3) is 0.576. The number of piperidine rings is 1. The Morgan fingerprint density at radius 1 is 1.07 bits per heavy atom. The Labute approximate surface area is 265 Å². The summed E-state index contributed by atoms with van der Waals surface area (Å²) in [5, 5.41) is 10.3. The van der Waals surface area contributed by atoms with Crippen LogP contribution in [0.4, 0.5) is 4.79 Å². The summed E-state index contributed by atoms with van der Waals surface area (Å²) in [5.41, 5.74) is -0.150. The van der Waals surface area contributed by atoms with Crippen LogP contribution < -0.4 is 21.3 Å². The highest BCUT2D eigenvalue weighted by molar-refractivity contribution is 6.38. The lowest BCUT2D eigenvalue weighted by molar-refractivity contribution is -0.145. The summed E-state index contributed by atoms with van der Waals surface area (Å²) in [7, 11) is 0. The van der Waals surface area contributed by atoms with Crippen molar-refractivity contribution < 1.29 is 33.5 Å². The molecule has 0 spiro atoms. The second-order valence-corrected chi connectivity index (χ2v) is 13.4. The number of nitrogens with zero attached hydrogens (tertiary/aromatic N) is 1. The topological polar surface area (TPSA) is 163 Å². The highest BCUT2D eigenvalue weighted by atomic mass is 16.5. The van der Waals surface area contributed by atoms with E-state index in [4.69, 9.17) is 4.74 Å². The van der Waals surface area contributed by atoms with Gasteiger partial charge in [-0.3, -0.25) is 24.0 Å². The number of hydrogen-bond donors (Lipinski definition) is 4. The molecule has 1 heterocycles. The van der Waals surface area contributed by atoms with Gasteiger partial charge in [0.1, 0.15) is 25.2 Å². The number of hydrogen-bond acceptors (Lipinski definition) is 7. The predicted molar refractivity (Wildman–Crippen MR) is 167 cm³/mol. The second kappa shape index (κ2) is 14.7. The maximum Gasteiger partial charge on any atom is 0.325 e.